The number of sulfonamides is 1. The zero-order chi connectivity index (χ0) is 19.3. The molecule has 0 atom stereocenters. The minimum Gasteiger partial charge on any atom is -0.278 e. The molecule has 0 saturated heterocycles. The second-order valence-electron chi connectivity index (χ2n) is 6.39. The van der Waals surface area contributed by atoms with Crippen molar-refractivity contribution in [3.8, 4) is 0 Å². The number of benzene rings is 2. The lowest BCUT2D eigenvalue weighted by molar-refractivity contribution is 0.571. The van der Waals surface area contributed by atoms with Crippen LogP contribution in [-0.4, -0.2) is 18.0 Å². The molecule has 1 heterocycles. The van der Waals surface area contributed by atoms with Crippen LogP contribution in [0.2, 0.25) is 0 Å². The highest BCUT2D eigenvalue weighted by atomic mass is 32.2. The SMILES string of the molecule is CCCCCCn1c(NS(=O)(=O)c2ccccc2)nc2ccccc2c1=O. The Labute approximate surface area is 158 Å². The molecular formula is C20H23N3O3S. The number of anilines is 1. The van der Waals surface area contributed by atoms with Crippen LogP contribution < -0.4 is 10.3 Å². The number of hydrogen-bond acceptors (Lipinski definition) is 4. The van der Waals surface area contributed by atoms with Crippen molar-refractivity contribution in [1.29, 1.82) is 0 Å². The summed E-state index contributed by atoms with van der Waals surface area (Å²) >= 11 is 0. The van der Waals surface area contributed by atoms with Crippen molar-refractivity contribution < 1.29 is 8.42 Å². The Bertz CT molecular complexity index is 1080. The number of para-hydroxylation sites is 1. The van der Waals surface area contributed by atoms with Crippen LogP contribution in [0.15, 0.2) is 64.3 Å². The Morgan fingerprint density at radius 1 is 0.963 bits per heavy atom. The maximum atomic E-state index is 12.9. The molecule has 0 aliphatic carbocycles. The first kappa shape index (κ1) is 19.1. The fraction of sp³-hybridized carbons (Fsp3) is 0.300. The van der Waals surface area contributed by atoms with E-state index in [1.54, 1.807) is 42.5 Å². The number of hydrogen-bond donors (Lipinski definition) is 1. The molecule has 0 saturated carbocycles. The molecule has 1 N–H and O–H groups in total. The van der Waals surface area contributed by atoms with Crippen molar-refractivity contribution in [3.63, 3.8) is 0 Å². The molecule has 0 unspecified atom stereocenters. The normalized spacial score (nSPS) is 11.6. The second kappa shape index (κ2) is 8.35. The first-order valence-corrected chi connectivity index (χ1v) is 10.6. The van der Waals surface area contributed by atoms with Crippen LogP contribution in [0.25, 0.3) is 10.9 Å². The monoisotopic (exact) mass is 385 g/mol. The van der Waals surface area contributed by atoms with Crippen molar-refractivity contribution >= 4 is 26.9 Å². The summed E-state index contributed by atoms with van der Waals surface area (Å²) in [5, 5.41) is 0.482. The molecule has 3 rings (SSSR count). The molecule has 3 aromatic rings. The molecule has 0 aliphatic rings. The molecule has 0 fully saturated rings. The van der Waals surface area contributed by atoms with Gasteiger partial charge in [-0.1, -0.05) is 56.5 Å². The summed E-state index contributed by atoms with van der Waals surface area (Å²) < 4.78 is 29.4. The van der Waals surface area contributed by atoms with Crippen molar-refractivity contribution in [2.45, 2.75) is 44.0 Å². The average Bonchev–Trinajstić information content (AvgIpc) is 2.68. The summed E-state index contributed by atoms with van der Waals surface area (Å²) in [5.74, 6) is 0.0547. The molecule has 0 spiro atoms. The van der Waals surface area contributed by atoms with Crippen LogP contribution in [0.4, 0.5) is 5.95 Å². The van der Waals surface area contributed by atoms with Gasteiger partial charge in [0.05, 0.1) is 15.8 Å². The van der Waals surface area contributed by atoms with E-state index in [1.807, 2.05) is 0 Å². The summed E-state index contributed by atoms with van der Waals surface area (Å²) in [6, 6.07) is 15.0. The van der Waals surface area contributed by atoms with Gasteiger partial charge in [-0.15, -0.1) is 0 Å². The van der Waals surface area contributed by atoms with Crippen LogP contribution >= 0.6 is 0 Å². The van der Waals surface area contributed by atoms with Gasteiger partial charge in [0.1, 0.15) is 0 Å². The minimum absolute atomic E-state index is 0.0547. The molecule has 0 bridgehead atoms. The van der Waals surface area contributed by atoms with Crippen LogP contribution in [-0.2, 0) is 16.6 Å². The highest BCUT2D eigenvalue weighted by Crippen LogP contribution is 2.17. The van der Waals surface area contributed by atoms with E-state index in [1.165, 1.54) is 16.7 Å². The summed E-state index contributed by atoms with van der Waals surface area (Å²) in [5.41, 5.74) is 0.237. The lowest BCUT2D eigenvalue weighted by atomic mass is 10.2. The molecule has 142 valence electrons. The molecule has 0 amide bonds. The van der Waals surface area contributed by atoms with Gasteiger partial charge in [0, 0.05) is 6.54 Å². The van der Waals surface area contributed by atoms with E-state index in [0.29, 0.717) is 17.4 Å². The topological polar surface area (TPSA) is 81.1 Å². The quantitative estimate of drug-likeness (QED) is 0.598. The molecule has 27 heavy (non-hydrogen) atoms. The van der Waals surface area contributed by atoms with Gasteiger partial charge < -0.3 is 0 Å². The summed E-state index contributed by atoms with van der Waals surface area (Å²) in [6.45, 7) is 2.53. The van der Waals surface area contributed by atoms with Crippen molar-refractivity contribution in [2.24, 2.45) is 0 Å². The van der Waals surface area contributed by atoms with E-state index >= 15 is 0 Å². The lowest BCUT2D eigenvalue weighted by Crippen LogP contribution is -2.27. The molecule has 7 heteroatoms. The van der Waals surface area contributed by atoms with Gasteiger partial charge >= 0.3 is 0 Å². The van der Waals surface area contributed by atoms with Crippen LogP contribution in [0.5, 0.6) is 0 Å². The van der Waals surface area contributed by atoms with Crippen molar-refractivity contribution in [3.05, 3.63) is 65.0 Å². The van der Waals surface area contributed by atoms with E-state index in [9.17, 15) is 13.2 Å². The minimum atomic E-state index is -3.83. The number of nitrogens with zero attached hydrogens (tertiary/aromatic N) is 2. The van der Waals surface area contributed by atoms with Crippen LogP contribution in [0.1, 0.15) is 32.6 Å². The zero-order valence-electron chi connectivity index (χ0n) is 15.3. The van der Waals surface area contributed by atoms with Gasteiger partial charge in [0.2, 0.25) is 5.95 Å². The fourth-order valence-electron chi connectivity index (χ4n) is 2.93. The van der Waals surface area contributed by atoms with Gasteiger partial charge in [-0.3, -0.25) is 9.36 Å². The number of nitrogens with one attached hydrogen (secondary N) is 1. The van der Waals surface area contributed by atoms with Gasteiger partial charge in [0.15, 0.2) is 0 Å². The standard InChI is InChI=1S/C20H23N3O3S/c1-2-3-4-10-15-23-19(24)17-13-8-9-14-18(17)21-20(23)22-27(25,26)16-11-6-5-7-12-16/h5-9,11-14H,2-4,10,15H2,1H3,(H,21,22). The average molecular weight is 385 g/mol. The van der Waals surface area contributed by atoms with E-state index in [-0.39, 0.29) is 16.4 Å². The Hall–Kier alpha value is -2.67. The zero-order valence-corrected chi connectivity index (χ0v) is 16.1. The number of aromatic nitrogens is 2. The summed E-state index contributed by atoms with van der Waals surface area (Å²) in [6.07, 6.45) is 3.91. The molecule has 0 radical (unpaired) electrons. The van der Waals surface area contributed by atoms with Crippen LogP contribution in [0.3, 0.4) is 0 Å². The smallest absolute Gasteiger partial charge is 0.264 e. The molecule has 6 nitrogen and oxygen atoms in total. The lowest BCUT2D eigenvalue weighted by Gasteiger charge is -2.15. The number of unbranched alkanes of at least 4 members (excludes halogenated alkanes) is 3. The van der Waals surface area contributed by atoms with Gasteiger partial charge in [-0.25, -0.2) is 18.1 Å². The predicted octanol–water partition coefficient (Wildman–Crippen LogP) is 3.78. The molecule has 1 aromatic heterocycles. The predicted molar refractivity (Wildman–Crippen MR) is 107 cm³/mol. The Morgan fingerprint density at radius 2 is 1.67 bits per heavy atom. The largest absolute Gasteiger partial charge is 0.278 e. The van der Waals surface area contributed by atoms with Gasteiger partial charge in [0.25, 0.3) is 15.6 Å². The first-order valence-electron chi connectivity index (χ1n) is 9.10. The number of fused-ring (bicyclic) bond motifs is 1. The van der Waals surface area contributed by atoms with Gasteiger partial charge in [-0.05, 0) is 30.7 Å². The van der Waals surface area contributed by atoms with Crippen molar-refractivity contribution in [1.82, 2.24) is 9.55 Å². The summed E-state index contributed by atoms with van der Waals surface area (Å²) in [7, 11) is -3.83. The van der Waals surface area contributed by atoms with E-state index in [0.717, 1.165) is 25.7 Å². The fourth-order valence-corrected chi connectivity index (χ4v) is 3.96. The summed E-state index contributed by atoms with van der Waals surface area (Å²) in [4.78, 5) is 17.5. The van der Waals surface area contributed by atoms with E-state index < -0.39 is 10.0 Å². The maximum Gasteiger partial charge on any atom is 0.264 e. The maximum absolute atomic E-state index is 12.9. The van der Waals surface area contributed by atoms with E-state index in [4.69, 9.17) is 0 Å². The van der Waals surface area contributed by atoms with E-state index in [2.05, 4.69) is 16.6 Å². The first-order chi connectivity index (χ1) is 13.0. The third kappa shape index (κ3) is 4.36. The third-order valence-corrected chi connectivity index (χ3v) is 5.72. The molecule has 0 aliphatic heterocycles. The molecular weight excluding hydrogens is 362 g/mol. The highest BCUT2D eigenvalue weighted by molar-refractivity contribution is 7.92. The van der Waals surface area contributed by atoms with Crippen LogP contribution in [0, 0.1) is 0 Å². The third-order valence-electron chi connectivity index (χ3n) is 4.38. The Morgan fingerprint density at radius 3 is 2.41 bits per heavy atom. The Balaban J connectivity index is 2.03. The van der Waals surface area contributed by atoms with Gasteiger partial charge in [-0.2, -0.15) is 0 Å². The van der Waals surface area contributed by atoms with Crippen molar-refractivity contribution in [2.75, 3.05) is 4.72 Å². The highest BCUT2D eigenvalue weighted by Gasteiger charge is 2.18. The number of rotatable bonds is 8. The second-order valence-corrected chi connectivity index (χ2v) is 8.07. The Kier molecular flexibility index (Phi) is 5.91. The molecule has 2 aromatic carbocycles.